The quantitative estimate of drug-likeness (QED) is 0.856. The molecule has 1 aromatic heterocycles. The van der Waals surface area contributed by atoms with Crippen LogP contribution in [0.1, 0.15) is 12.6 Å². The summed E-state index contributed by atoms with van der Waals surface area (Å²) in [6.45, 7) is 2.91. The van der Waals surface area contributed by atoms with Crippen molar-refractivity contribution in [2.24, 2.45) is 0 Å². The molecule has 2 aromatic rings. The second-order valence-electron chi connectivity index (χ2n) is 5.14. The first kappa shape index (κ1) is 17.2. The zero-order valence-electron chi connectivity index (χ0n) is 13.6. The predicted octanol–water partition coefficient (Wildman–Crippen LogP) is 1.16. The first-order chi connectivity index (χ1) is 11.4. The summed E-state index contributed by atoms with van der Waals surface area (Å²) >= 11 is 0. The van der Waals surface area contributed by atoms with Crippen LogP contribution in [-0.2, 0) is 16.1 Å². The van der Waals surface area contributed by atoms with Crippen molar-refractivity contribution in [3.8, 4) is 5.75 Å². The lowest BCUT2D eigenvalue weighted by molar-refractivity contribution is -0.117. The van der Waals surface area contributed by atoms with Gasteiger partial charge < -0.3 is 15.4 Å². The van der Waals surface area contributed by atoms with E-state index in [0.717, 1.165) is 0 Å². The van der Waals surface area contributed by atoms with Gasteiger partial charge in [-0.25, -0.2) is 4.98 Å². The summed E-state index contributed by atoms with van der Waals surface area (Å²) in [7, 11) is 1.47. The third-order valence-corrected chi connectivity index (χ3v) is 3.12. The molecule has 0 aliphatic rings. The molecule has 0 bridgehead atoms. The average molecular weight is 330 g/mol. The number of nitrogens with zero attached hydrogens (tertiary/aromatic N) is 2. The summed E-state index contributed by atoms with van der Waals surface area (Å²) in [6.07, 6.45) is 1.32. The third-order valence-electron chi connectivity index (χ3n) is 3.12. The van der Waals surface area contributed by atoms with E-state index in [2.05, 4.69) is 15.6 Å². The van der Waals surface area contributed by atoms with E-state index in [4.69, 9.17) is 4.74 Å². The van der Waals surface area contributed by atoms with Crippen LogP contribution in [0.15, 0.2) is 35.4 Å². The van der Waals surface area contributed by atoms with E-state index in [1.807, 2.05) is 0 Å². The van der Waals surface area contributed by atoms with Gasteiger partial charge in [-0.3, -0.25) is 19.0 Å². The monoisotopic (exact) mass is 330 g/mol. The van der Waals surface area contributed by atoms with Crippen LogP contribution in [0.25, 0.3) is 0 Å². The largest absolute Gasteiger partial charge is 0.495 e. The van der Waals surface area contributed by atoms with Crippen LogP contribution in [-0.4, -0.2) is 28.5 Å². The fourth-order valence-corrected chi connectivity index (χ4v) is 2.07. The molecule has 126 valence electrons. The van der Waals surface area contributed by atoms with Gasteiger partial charge >= 0.3 is 0 Å². The lowest BCUT2D eigenvalue weighted by atomic mass is 10.2. The maximum atomic E-state index is 12.2. The van der Waals surface area contributed by atoms with Crippen LogP contribution >= 0.6 is 0 Å². The SMILES string of the molecule is COc1ccc(NC(C)=O)cc1NC(=O)Cn1cnc(C)cc1=O. The molecule has 8 nitrogen and oxygen atoms in total. The van der Waals surface area contributed by atoms with Gasteiger partial charge in [-0.1, -0.05) is 0 Å². The van der Waals surface area contributed by atoms with Crippen molar-refractivity contribution in [3.05, 3.63) is 46.6 Å². The Kier molecular flexibility index (Phi) is 5.31. The molecule has 1 aromatic carbocycles. The highest BCUT2D eigenvalue weighted by Crippen LogP contribution is 2.27. The number of hydrogen-bond donors (Lipinski definition) is 2. The molecule has 2 N–H and O–H groups in total. The van der Waals surface area contributed by atoms with Gasteiger partial charge in [0.05, 0.1) is 19.1 Å². The Hall–Kier alpha value is -3.16. The molecule has 0 unspecified atom stereocenters. The first-order valence-corrected chi connectivity index (χ1v) is 7.17. The molecule has 8 heteroatoms. The number of aryl methyl sites for hydroxylation is 1. The van der Waals surface area contributed by atoms with Crippen molar-refractivity contribution < 1.29 is 14.3 Å². The number of rotatable bonds is 5. The Bertz CT molecular complexity index is 829. The van der Waals surface area contributed by atoms with Gasteiger partial charge in [0.1, 0.15) is 12.3 Å². The van der Waals surface area contributed by atoms with Crippen LogP contribution in [0.2, 0.25) is 0 Å². The average Bonchev–Trinajstić information content (AvgIpc) is 2.50. The highest BCUT2D eigenvalue weighted by atomic mass is 16.5. The maximum absolute atomic E-state index is 12.2. The predicted molar refractivity (Wildman–Crippen MR) is 89.2 cm³/mol. The molecule has 2 rings (SSSR count). The van der Waals surface area contributed by atoms with Crippen LogP contribution in [0, 0.1) is 6.92 Å². The van der Waals surface area contributed by atoms with E-state index in [0.29, 0.717) is 22.8 Å². The summed E-state index contributed by atoms with van der Waals surface area (Å²) in [5.41, 5.74) is 1.19. The number of methoxy groups -OCH3 is 1. The van der Waals surface area contributed by atoms with E-state index in [-0.39, 0.29) is 18.0 Å². The fourth-order valence-electron chi connectivity index (χ4n) is 2.07. The summed E-state index contributed by atoms with van der Waals surface area (Å²) < 4.78 is 6.39. The van der Waals surface area contributed by atoms with Gasteiger partial charge in [0, 0.05) is 24.4 Å². The smallest absolute Gasteiger partial charge is 0.253 e. The number of carbonyl (C=O) groups excluding carboxylic acids is 2. The molecule has 0 aliphatic heterocycles. The molecule has 0 fully saturated rings. The van der Waals surface area contributed by atoms with Gasteiger partial charge in [0.2, 0.25) is 11.8 Å². The zero-order chi connectivity index (χ0) is 17.7. The number of ether oxygens (including phenoxy) is 1. The minimum absolute atomic E-state index is 0.181. The topological polar surface area (TPSA) is 102 Å². The van der Waals surface area contributed by atoms with Crippen molar-refractivity contribution in [1.82, 2.24) is 9.55 Å². The van der Waals surface area contributed by atoms with Crippen LogP contribution in [0.5, 0.6) is 5.75 Å². The Morgan fingerprint density at radius 3 is 2.62 bits per heavy atom. The van der Waals surface area contributed by atoms with E-state index in [1.165, 1.54) is 31.0 Å². The Labute approximate surface area is 138 Å². The Balaban J connectivity index is 2.17. The number of amides is 2. The summed E-state index contributed by atoms with van der Waals surface area (Å²) in [6, 6.07) is 6.21. The number of aromatic nitrogens is 2. The van der Waals surface area contributed by atoms with Crippen molar-refractivity contribution in [2.75, 3.05) is 17.7 Å². The van der Waals surface area contributed by atoms with Crippen LogP contribution in [0.3, 0.4) is 0 Å². The molecule has 0 saturated carbocycles. The minimum Gasteiger partial charge on any atom is -0.495 e. The molecule has 0 radical (unpaired) electrons. The van der Waals surface area contributed by atoms with Crippen LogP contribution in [0.4, 0.5) is 11.4 Å². The number of benzene rings is 1. The number of carbonyl (C=O) groups is 2. The molecule has 24 heavy (non-hydrogen) atoms. The van der Waals surface area contributed by atoms with Gasteiger partial charge in [0.25, 0.3) is 5.56 Å². The molecule has 0 aliphatic carbocycles. The van der Waals surface area contributed by atoms with E-state index in [1.54, 1.807) is 25.1 Å². The Morgan fingerprint density at radius 1 is 1.25 bits per heavy atom. The summed E-state index contributed by atoms with van der Waals surface area (Å²) in [4.78, 5) is 39.1. The van der Waals surface area contributed by atoms with Gasteiger partial charge in [-0.2, -0.15) is 0 Å². The second kappa shape index (κ2) is 7.40. The lowest BCUT2D eigenvalue weighted by Gasteiger charge is -2.13. The summed E-state index contributed by atoms with van der Waals surface area (Å²) in [5.74, 6) is -0.206. The van der Waals surface area contributed by atoms with E-state index in [9.17, 15) is 14.4 Å². The van der Waals surface area contributed by atoms with Gasteiger partial charge in [-0.05, 0) is 25.1 Å². The van der Waals surface area contributed by atoms with Crippen molar-refractivity contribution in [1.29, 1.82) is 0 Å². The molecule has 0 atom stereocenters. The second-order valence-corrected chi connectivity index (χ2v) is 5.14. The van der Waals surface area contributed by atoms with Crippen LogP contribution < -0.4 is 20.9 Å². The molecule has 0 saturated heterocycles. The number of anilines is 2. The number of hydrogen-bond acceptors (Lipinski definition) is 5. The molecule has 1 heterocycles. The van der Waals surface area contributed by atoms with E-state index < -0.39 is 5.91 Å². The normalized spacial score (nSPS) is 10.1. The molecular weight excluding hydrogens is 312 g/mol. The lowest BCUT2D eigenvalue weighted by Crippen LogP contribution is -2.27. The highest BCUT2D eigenvalue weighted by molar-refractivity contribution is 5.94. The molecule has 2 amide bonds. The molecule has 0 spiro atoms. The molecular formula is C16H18N4O4. The van der Waals surface area contributed by atoms with Crippen molar-refractivity contribution >= 4 is 23.2 Å². The van der Waals surface area contributed by atoms with Crippen molar-refractivity contribution in [2.45, 2.75) is 20.4 Å². The standard InChI is InChI=1S/C16H18N4O4/c1-10-6-16(23)20(9-17-10)8-15(22)19-13-7-12(18-11(2)21)4-5-14(13)24-3/h4-7,9H,8H2,1-3H3,(H,18,21)(H,19,22). The third kappa shape index (κ3) is 4.42. The highest BCUT2D eigenvalue weighted by Gasteiger charge is 2.11. The minimum atomic E-state index is -0.416. The van der Waals surface area contributed by atoms with Gasteiger partial charge in [0.15, 0.2) is 0 Å². The van der Waals surface area contributed by atoms with Gasteiger partial charge in [-0.15, -0.1) is 0 Å². The summed E-state index contributed by atoms with van der Waals surface area (Å²) in [5, 5.41) is 5.29. The maximum Gasteiger partial charge on any atom is 0.253 e. The Morgan fingerprint density at radius 2 is 2.00 bits per heavy atom. The van der Waals surface area contributed by atoms with E-state index >= 15 is 0 Å². The first-order valence-electron chi connectivity index (χ1n) is 7.17. The zero-order valence-corrected chi connectivity index (χ0v) is 13.6. The fraction of sp³-hybridized carbons (Fsp3) is 0.250. The number of nitrogens with one attached hydrogen (secondary N) is 2. The van der Waals surface area contributed by atoms with Crippen molar-refractivity contribution in [3.63, 3.8) is 0 Å².